The largest absolute Gasteiger partial charge is 0.389 e. The number of aliphatic hydroxyl groups is 1. The molecule has 0 aromatic heterocycles. The number of amides is 1. The van der Waals surface area contributed by atoms with Gasteiger partial charge in [0.15, 0.2) is 0 Å². The van der Waals surface area contributed by atoms with Crippen LogP contribution in [0.2, 0.25) is 5.02 Å². The zero-order chi connectivity index (χ0) is 16.2. The van der Waals surface area contributed by atoms with Gasteiger partial charge in [0, 0.05) is 24.5 Å². The standard InChI is InChI=1S/C16H22ClFN2O2/c1-20(11-16(22)7-2-3-8-16)9-6-15(21)19-14-5-4-12(17)10-13(14)18/h4-5,10,22H,2-3,6-9,11H2,1H3,(H,19,21). The minimum absolute atomic E-state index is 0.131. The van der Waals surface area contributed by atoms with Crippen molar-refractivity contribution in [1.82, 2.24) is 4.90 Å². The number of benzene rings is 1. The van der Waals surface area contributed by atoms with Crippen LogP contribution in [0, 0.1) is 5.82 Å². The topological polar surface area (TPSA) is 52.6 Å². The summed E-state index contributed by atoms with van der Waals surface area (Å²) in [6.45, 7) is 1.08. The van der Waals surface area contributed by atoms with Gasteiger partial charge in [0.1, 0.15) is 5.82 Å². The van der Waals surface area contributed by atoms with Crippen LogP contribution >= 0.6 is 11.6 Å². The highest BCUT2D eigenvalue weighted by molar-refractivity contribution is 6.30. The Bertz CT molecular complexity index is 533. The Morgan fingerprint density at radius 1 is 1.45 bits per heavy atom. The van der Waals surface area contributed by atoms with Crippen molar-refractivity contribution >= 4 is 23.2 Å². The van der Waals surface area contributed by atoms with E-state index in [1.54, 1.807) is 0 Å². The van der Waals surface area contributed by atoms with E-state index < -0.39 is 11.4 Å². The molecule has 0 aliphatic heterocycles. The first-order valence-electron chi connectivity index (χ1n) is 7.54. The van der Waals surface area contributed by atoms with E-state index in [1.165, 1.54) is 18.2 Å². The molecule has 1 aliphatic rings. The Labute approximate surface area is 135 Å². The van der Waals surface area contributed by atoms with E-state index in [-0.39, 0.29) is 18.0 Å². The average Bonchev–Trinajstić information content (AvgIpc) is 2.86. The predicted molar refractivity (Wildman–Crippen MR) is 85.6 cm³/mol. The van der Waals surface area contributed by atoms with Crippen molar-refractivity contribution in [2.45, 2.75) is 37.7 Å². The molecular formula is C16H22ClFN2O2. The van der Waals surface area contributed by atoms with E-state index in [4.69, 9.17) is 11.6 Å². The molecule has 1 fully saturated rings. The van der Waals surface area contributed by atoms with Crippen molar-refractivity contribution < 1.29 is 14.3 Å². The molecule has 0 unspecified atom stereocenters. The predicted octanol–water partition coefficient (Wildman–Crippen LogP) is 3.04. The summed E-state index contributed by atoms with van der Waals surface area (Å²) in [5.41, 5.74) is -0.487. The van der Waals surface area contributed by atoms with E-state index in [1.807, 2.05) is 11.9 Å². The van der Waals surface area contributed by atoms with Gasteiger partial charge in [-0.15, -0.1) is 0 Å². The number of hydrogen-bond donors (Lipinski definition) is 2. The van der Waals surface area contributed by atoms with Crippen LogP contribution < -0.4 is 5.32 Å². The summed E-state index contributed by atoms with van der Waals surface area (Å²) in [6, 6.07) is 4.14. The van der Waals surface area contributed by atoms with Crippen molar-refractivity contribution in [2.75, 3.05) is 25.5 Å². The quantitative estimate of drug-likeness (QED) is 0.844. The van der Waals surface area contributed by atoms with E-state index in [0.717, 1.165) is 25.7 Å². The fourth-order valence-corrected chi connectivity index (χ4v) is 3.03. The Hall–Kier alpha value is -1.17. The van der Waals surface area contributed by atoms with Gasteiger partial charge < -0.3 is 15.3 Å². The zero-order valence-electron chi connectivity index (χ0n) is 12.7. The van der Waals surface area contributed by atoms with Crippen molar-refractivity contribution in [3.8, 4) is 0 Å². The second-order valence-corrected chi connectivity index (χ2v) is 6.53. The molecule has 2 N–H and O–H groups in total. The van der Waals surface area contributed by atoms with Gasteiger partial charge in [0.2, 0.25) is 5.91 Å². The van der Waals surface area contributed by atoms with Crippen LogP contribution in [0.25, 0.3) is 0 Å². The van der Waals surface area contributed by atoms with Crippen molar-refractivity contribution in [2.24, 2.45) is 0 Å². The van der Waals surface area contributed by atoms with E-state index >= 15 is 0 Å². The Balaban J connectivity index is 1.77. The zero-order valence-corrected chi connectivity index (χ0v) is 13.5. The molecule has 0 atom stereocenters. The first-order chi connectivity index (χ1) is 10.4. The molecule has 1 aromatic carbocycles. The summed E-state index contributed by atoms with van der Waals surface area (Å²) in [7, 11) is 1.88. The van der Waals surface area contributed by atoms with Gasteiger partial charge in [-0.05, 0) is 38.1 Å². The van der Waals surface area contributed by atoms with Gasteiger partial charge in [-0.2, -0.15) is 0 Å². The Morgan fingerprint density at radius 2 is 2.14 bits per heavy atom. The van der Waals surface area contributed by atoms with Gasteiger partial charge in [0.25, 0.3) is 0 Å². The highest BCUT2D eigenvalue weighted by Gasteiger charge is 2.32. The maximum Gasteiger partial charge on any atom is 0.225 e. The summed E-state index contributed by atoms with van der Waals surface area (Å²) >= 11 is 5.67. The lowest BCUT2D eigenvalue weighted by atomic mass is 10.0. The lowest BCUT2D eigenvalue weighted by Crippen LogP contribution is -2.40. The molecule has 2 rings (SSSR count). The lowest BCUT2D eigenvalue weighted by Gasteiger charge is -2.28. The number of halogens is 2. The third-order valence-corrected chi connectivity index (χ3v) is 4.26. The SMILES string of the molecule is CN(CCC(=O)Nc1ccc(Cl)cc1F)CC1(O)CCCC1. The molecular weight excluding hydrogens is 307 g/mol. The van der Waals surface area contributed by atoms with Crippen LogP contribution in [0.4, 0.5) is 10.1 Å². The highest BCUT2D eigenvalue weighted by Crippen LogP contribution is 2.29. The Morgan fingerprint density at radius 3 is 2.77 bits per heavy atom. The number of hydrogen-bond acceptors (Lipinski definition) is 3. The van der Waals surface area contributed by atoms with Gasteiger partial charge in [-0.25, -0.2) is 4.39 Å². The second-order valence-electron chi connectivity index (χ2n) is 6.09. The number of carbonyl (C=O) groups excluding carboxylic acids is 1. The van der Waals surface area contributed by atoms with E-state index in [9.17, 15) is 14.3 Å². The number of likely N-dealkylation sites (N-methyl/N-ethyl adjacent to an activating group) is 1. The fraction of sp³-hybridized carbons (Fsp3) is 0.562. The van der Waals surface area contributed by atoms with Crippen molar-refractivity contribution in [3.05, 3.63) is 29.0 Å². The summed E-state index contributed by atoms with van der Waals surface area (Å²) in [4.78, 5) is 13.8. The molecule has 4 nitrogen and oxygen atoms in total. The summed E-state index contributed by atoms with van der Waals surface area (Å²) in [5.74, 6) is -0.805. The first kappa shape index (κ1) is 17.2. The van der Waals surface area contributed by atoms with Crippen molar-refractivity contribution in [3.63, 3.8) is 0 Å². The van der Waals surface area contributed by atoms with Crippen LogP contribution in [-0.4, -0.2) is 41.7 Å². The first-order valence-corrected chi connectivity index (χ1v) is 7.92. The number of nitrogens with one attached hydrogen (secondary N) is 1. The van der Waals surface area contributed by atoms with Gasteiger partial charge >= 0.3 is 0 Å². The fourth-order valence-electron chi connectivity index (χ4n) is 2.87. The number of anilines is 1. The number of rotatable bonds is 6. The lowest BCUT2D eigenvalue weighted by molar-refractivity contribution is -0.116. The number of carbonyl (C=O) groups is 1. The van der Waals surface area contributed by atoms with Crippen LogP contribution in [0.5, 0.6) is 0 Å². The second kappa shape index (κ2) is 7.40. The molecule has 1 aromatic rings. The maximum absolute atomic E-state index is 13.6. The number of nitrogens with zero attached hydrogens (tertiary/aromatic N) is 1. The Kier molecular flexibility index (Phi) is 5.78. The molecule has 1 aliphatic carbocycles. The molecule has 22 heavy (non-hydrogen) atoms. The summed E-state index contributed by atoms with van der Waals surface area (Å²) in [5, 5.41) is 13.1. The molecule has 0 bridgehead atoms. The van der Waals surface area contributed by atoms with Crippen molar-refractivity contribution in [1.29, 1.82) is 0 Å². The molecule has 0 spiro atoms. The third kappa shape index (κ3) is 4.93. The molecule has 0 heterocycles. The van der Waals surface area contributed by atoms with Gasteiger partial charge in [0.05, 0.1) is 11.3 Å². The minimum atomic E-state index is -0.618. The molecule has 122 valence electrons. The molecule has 1 amide bonds. The maximum atomic E-state index is 13.6. The van der Waals surface area contributed by atoms with Gasteiger partial charge in [-0.3, -0.25) is 4.79 Å². The molecule has 6 heteroatoms. The minimum Gasteiger partial charge on any atom is -0.389 e. The van der Waals surface area contributed by atoms with E-state index in [2.05, 4.69) is 5.32 Å². The molecule has 0 radical (unpaired) electrons. The monoisotopic (exact) mass is 328 g/mol. The third-order valence-electron chi connectivity index (χ3n) is 4.02. The summed E-state index contributed by atoms with van der Waals surface area (Å²) < 4.78 is 13.6. The van der Waals surface area contributed by atoms with Gasteiger partial charge in [-0.1, -0.05) is 24.4 Å². The molecule has 0 saturated heterocycles. The summed E-state index contributed by atoms with van der Waals surface area (Å²) in [6.07, 6.45) is 4.00. The average molecular weight is 329 g/mol. The van der Waals surface area contributed by atoms with Crippen LogP contribution in [0.3, 0.4) is 0 Å². The highest BCUT2D eigenvalue weighted by atomic mass is 35.5. The van der Waals surface area contributed by atoms with Crippen LogP contribution in [-0.2, 0) is 4.79 Å². The van der Waals surface area contributed by atoms with E-state index in [0.29, 0.717) is 18.1 Å². The van der Waals surface area contributed by atoms with Crippen LogP contribution in [0.15, 0.2) is 18.2 Å². The molecule has 1 saturated carbocycles. The van der Waals surface area contributed by atoms with Crippen LogP contribution in [0.1, 0.15) is 32.1 Å². The smallest absolute Gasteiger partial charge is 0.225 e. The normalized spacial score (nSPS) is 17.0.